The number of halogens is 3. The van der Waals surface area contributed by atoms with Crippen LogP contribution in [0, 0.1) is 5.92 Å². The zero-order valence-electron chi connectivity index (χ0n) is 9.82. The SMILES string of the molecule is O=CC1CCN(S(=O)(=O)CCCC(F)(F)F)CC1. The summed E-state index contributed by atoms with van der Waals surface area (Å²) in [6, 6.07) is 0. The molecule has 0 aromatic rings. The Hall–Kier alpha value is -0.630. The van der Waals surface area contributed by atoms with Crippen LogP contribution in [0.4, 0.5) is 13.2 Å². The van der Waals surface area contributed by atoms with Crippen LogP contribution in [-0.2, 0) is 14.8 Å². The van der Waals surface area contributed by atoms with Crippen molar-refractivity contribution in [2.45, 2.75) is 31.9 Å². The molecule has 0 aromatic carbocycles. The molecule has 0 bridgehead atoms. The zero-order chi connectivity index (χ0) is 13.8. The fourth-order valence-corrected chi connectivity index (χ4v) is 3.41. The molecule has 1 aliphatic rings. The lowest BCUT2D eigenvalue weighted by molar-refractivity contribution is -0.134. The van der Waals surface area contributed by atoms with E-state index in [2.05, 4.69) is 0 Å². The van der Waals surface area contributed by atoms with Crippen molar-refractivity contribution in [3.8, 4) is 0 Å². The van der Waals surface area contributed by atoms with Crippen LogP contribution >= 0.6 is 0 Å². The molecule has 1 rings (SSSR count). The van der Waals surface area contributed by atoms with Crippen molar-refractivity contribution in [1.82, 2.24) is 4.31 Å². The predicted octanol–water partition coefficient (Wildman–Crippen LogP) is 1.57. The minimum atomic E-state index is -4.32. The highest BCUT2D eigenvalue weighted by atomic mass is 32.2. The molecule has 0 N–H and O–H groups in total. The summed E-state index contributed by atoms with van der Waals surface area (Å²) in [5.41, 5.74) is 0. The maximum atomic E-state index is 11.9. The van der Waals surface area contributed by atoms with Crippen molar-refractivity contribution in [3.05, 3.63) is 0 Å². The van der Waals surface area contributed by atoms with E-state index in [4.69, 9.17) is 0 Å². The molecular weight excluding hydrogens is 271 g/mol. The van der Waals surface area contributed by atoms with Gasteiger partial charge in [-0.1, -0.05) is 0 Å². The monoisotopic (exact) mass is 287 g/mol. The number of nitrogens with zero attached hydrogens (tertiary/aromatic N) is 1. The number of alkyl halides is 3. The van der Waals surface area contributed by atoms with Gasteiger partial charge in [0.15, 0.2) is 0 Å². The first-order chi connectivity index (χ1) is 8.24. The zero-order valence-corrected chi connectivity index (χ0v) is 10.6. The fourth-order valence-electron chi connectivity index (χ4n) is 1.87. The van der Waals surface area contributed by atoms with Gasteiger partial charge < -0.3 is 4.79 Å². The molecule has 0 amide bonds. The third-order valence-corrected chi connectivity index (χ3v) is 4.90. The highest BCUT2D eigenvalue weighted by molar-refractivity contribution is 7.89. The molecule has 1 aliphatic heterocycles. The number of rotatable bonds is 5. The molecule has 1 saturated heterocycles. The Bertz CT molecular complexity index is 372. The molecule has 0 atom stereocenters. The van der Waals surface area contributed by atoms with E-state index in [0.29, 0.717) is 12.8 Å². The van der Waals surface area contributed by atoms with E-state index in [-0.39, 0.29) is 19.0 Å². The summed E-state index contributed by atoms with van der Waals surface area (Å²) in [5.74, 6) is -0.621. The van der Waals surface area contributed by atoms with Gasteiger partial charge >= 0.3 is 6.18 Å². The summed E-state index contributed by atoms with van der Waals surface area (Å²) in [7, 11) is -3.62. The standard InChI is InChI=1S/C10H16F3NO3S/c11-10(12,13)4-1-7-18(16,17)14-5-2-9(8-15)3-6-14/h8-9H,1-7H2. The van der Waals surface area contributed by atoms with E-state index >= 15 is 0 Å². The molecule has 1 fully saturated rings. The normalized spacial score (nSPS) is 19.9. The van der Waals surface area contributed by atoms with Crippen LogP contribution in [0.2, 0.25) is 0 Å². The molecule has 0 aromatic heterocycles. The van der Waals surface area contributed by atoms with Crippen LogP contribution in [0.1, 0.15) is 25.7 Å². The number of carbonyl (C=O) groups is 1. The summed E-state index contributed by atoms with van der Waals surface area (Å²) in [6.07, 6.45) is -4.13. The average molecular weight is 287 g/mol. The predicted molar refractivity (Wildman–Crippen MR) is 59.4 cm³/mol. The van der Waals surface area contributed by atoms with Crippen LogP contribution < -0.4 is 0 Å². The maximum absolute atomic E-state index is 11.9. The van der Waals surface area contributed by atoms with Crippen LogP contribution in [0.25, 0.3) is 0 Å². The van der Waals surface area contributed by atoms with Crippen LogP contribution in [-0.4, -0.2) is 44.0 Å². The summed E-state index contributed by atoms with van der Waals surface area (Å²) in [6.45, 7) is 0.440. The first kappa shape index (κ1) is 15.4. The van der Waals surface area contributed by atoms with Crippen molar-refractivity contribution in [3.63, 3.8) is 0 Å². The van der Waals surface area contributed by atoms with E-state index in [0.717, 1.165) is 6.29 Å². The second-order valence-electron chi connectivity index (χ2n) is 4.41. The lowest BCUT2D eigenvalue weighted by atomic mass is 10.0. The van der Waals surface area contributed by atoms with Crippen LogP contribution in [0.3, 0.4) is 0 Å². The van der Waals surface area contributed by atoms with Gasteiger partial charge in [-0.05, 0) is 19.3 Å². The van der Waals surface area contributed by atoms with E-state index in [1.54, 1.807) is 0 Å². The molecule has 0 aliphatic carbocycles. The molecule has 8 heteroatoms. The maximum Gasteiger partial charge on any atom is 0.389 e. The first-order valence-electron chi connectivity index (χ1n) is 5.74. The Morgan fingerprint density at radius 1 is 1.22 bits per heavy atom. The van der Waals surface area contributed by atoms with Gasteiger partial charge in [-0.25, -0.2) is 12.7 Å². The Balaban J connectivity index is 2.42. The molecule has 1 heterocycles. The Morgan fingerprint density at radius 2 is 1.78 bits per heavy atom. The smallest absolute Gasteiger partial charge is 0.303 e. The van der Waals surface area contributed by atoms with Gasteiger partial charge in [0.05, 0.1) is 5.75 Å². The quantitative estimate of drug-likeness (QED) is 0.721. The first-order valence-corrected chi connectivity index (χ1v) is 7.35. The number of piperidine rings is 1. The largest absolute Gasteiger partial charge is 0.389 e. The molecule has 0 radical (unpaired) electrons. The second kappa shape index (κ2) is 6.01. The van der Waals surface area contributed by atoms with Crippen molar-refractivity contribution in [1.29, 1.82) is 0 Å². The number of hydrogen-bond acceptors (Lipinski definition) is 3. The van der Waals surface area contributed by atoms with Gasteiger partial charge in [-0.15, -0.1) is 0 Å². The van der Waals surface area contributed by atoms with Gasteiger partial charge in [-0.2, -0.15) is 13.2 Å². The lowest BCUT2D eigenvalue weighted by Gasteiger charge is -2.28. The number of sulfonamides is 1. The Labute approximate surface area is 104 Å². The number of aldehydes is 1. The van der Waals surface area contributed by atoms with E-state index in [9.17, 15) is 26.4 Å². The molecule has 4 nitrogen and oxygen atoms in total. The van der Waals surface area contributed by atoms with Crippen LogP contribution in [0.5, 0.6) is 0 Å². The van der Waals surface area contributed by atoms with Gasteiger partial charge in [-0.3, -0.25) is 0 Å². The van der Waals surface area contributed by atoms with Gasteiger partial charge in [0.1, 0.15) is 6.29 Å². The fraction of sp³-hybridized carbons (Fsp3) is 0.900. The molecular formula is C10H16F3NO3S. The summed E-state index contributed by atoms with van der Waals surface area (Å²) >= 11 is 0. The van der Waals surface area contributed by atoms with Gasteiger partial charge in [0, 0.05) is 25.4 Å². The van der Waals surface area contributed by atoms with Gasteiger partial charge in [0.2, 0.25) is 10.0 Å². The van der Waals surface area contributed by atoms with E-state index in [1.165, 1.54) is 4.31 Å². The number of carbonyl (C=O) groups excluding carboxylic acids is 1. The highest BCUT2D eigenvalue weighted by Crippen LogP contribution is 2.23. The van der Waals surface area contributed by atoms with Crippen molar-refractivity contribution >= 4 is 16.3 Å². The second-order valence-corrected chi connectivity index (χ2v) is 6.50. The third-order valence-electron chi connectivity index (χ3n) is 2.95. The Kier molecular flexibility index (Phi) is 5.15. The van der Waals surface area contributed by atoms with E-state index < -0.39 is 34.8 Å². The molecule has 0 saturated carbocycles. The molecule has 106 valence electrons. The highest BCUT2D eigenvalue weighted by Gasteiger charge is 2.30. The Morgan fingerprint density at radius 3 is 2.22 bits per heavy atom. The summed E-state index contributed by atoms with van der Waals surface area (Å²) < 4.78 is 60.4. The lowest BCUT2D eigenvalue weighted by Crippen LogP contribution is -2.40. The molecule has 0 unspecified atom stereocenters. The summed E-state index contributed by atoms with van der Waals surface area (Å²) in [5, 5.41) is 0. The minimum absolute atomic E-state index is 0.133. The van der Waals surface area contributed by atoms with Crippen LogP contribution in [0.15, 0.2) is 0 Å². The van der Waals surface area contributed by atoms with Crippen molar-refractivity contribution in [2.75, 3.05) is 18.8 Å². The number of hydrogen-bond donors (Lipinski definition) is 0. The topological polar surface area (TPSA) is 54.5 Å². The molecule has 0 spiro atoms. The van der Waals surface area contributed by atoms with Crippen molar-refractivity contribution in [2.24, 2.45) is 5.92 Å². The van der Waals surface area contributed by atoms with Crippen molar-refractivity contribution < 1.29 is 26.4 Å². The molecule has 18 heavy (non-hydrogen) atoms. The summed E-state index contributed by atoms with van der Waals surface area (Å²) in [4.78, 5) is 10.5. The average Bonchev–Trinajstić information content (AvgIpc) is 2.27. The minimum Gasteiger partial charge on any atom is -0.303 e. The van der Waals surface area contributed by atoms with E-state index in [1.807, 2.05) is 0 Å². The third kappa shape index (κ3) is 4.93. The van der Waals surface area contributed by atoms with Gasteiger partial charge in [0.25, 0.3) is 0 Å².